The molecule has 2 aromatic carbocycles. The predicted molar refractivity (Wildman–Crippen MR) is 83.3 cm³/mol. The van der Waals surface area contributed by atoms with Crippen molar-refractivity contribution < 1.29 is 14.3 Å². The fraction of sp³-hybridized carbons (Fsp3) is 0.0556. The molecule has 23 heavy (non-hydrogen) atoms. The van der Waals surface area contributed by atoms with E-state index in [4.69, 9.17) is 10.00 Å². The topological polar surface area (TPSA) is 70.4 Å². The van der Waals surface area contributed by atoms with Gasteiger partial charge in [0.15, 0.2) is 0 Å². The lowest BCUT2D eigenvalue weighted by molar-refractivity contribution is -0.134. The molecule has 0 aliphatic carbocycles. The average molecular weight is 304 g/mol. The van der Waals surface area contributed by atoms with E-state index in [1.54, 1.807) is 30.3 Å². The van der Waals surface area contributed by atoms with Crippen LogP contribution in [0.5, 0.6) is 5.75 Å². The SMILES string of the molecule is C=C1c2ccccc2C(=O)N1CC(=O)Oc1ccc(C#N)cc1. The monoisotopic (exact) mass is 304 g/mol. The lowest BCUT2D eigenvalue weighted by Crippen LogP contribution is -2.31. The summed E-state index contributed by atoms with van der Waals surface area (Å²) < 4.78 is 5.19. The van der Waals surface area contributed by atoms with Crippen LogP contribution in [0.1, 0.15) is 21.5 Å². The van der Waals surface area contributed by atoms with Gasteiger partial charge in [-0.2, -0.15) is 5.26 Å². The molecular weight excluding hydrogens is 292 g/mol. The van der Waals surface area contributed by atoms with Crippen molar-refractivity contribution in [2.45, 2.75) is 0 Å². The molecule has 0 bridgehead atoms. The number of carbonyl (C=O) groups is 2. The van der Waals surface area contributed by atoms with Gasteiger partial charge < -0.3 is 4.74 Å². The van der Waals surface area contributed by atoms with E-state index in [-0.39, 0.29) is 12.5 Å². The van der Waals surface area contributed by atoms with Crippen molar-refractivity contribution in [2.24, 2.45) is 0 Å². The number of benzene rings is 2. The van der Waals surface area contributed by atoms with Gasteiger partial charge in [0.1, 0.15) is 12.3 Å². The quantitative estimate of drug-likeness (QED) is 0.645. The predicted octanol–water partition coefficient (Wildman–Crippen LogP) is 2.59. The zero-order chi connectivity index (χ0) is 16.4. The lowest BCUT2D eigenvalue weighted by atomic mass is 10.1. The van der Waals surface area contributed by atoms with Crippen molar-refractivity contribution in [3.05, 3.63) is 71.8 Å². The number of fused-ring (bicyclic) bond motifs is 1. The minimum atomic E-state index is -0.572. The molecule has 0 fully saturated rings. The van der Waals surface area contributed by atoms with Gasteiger partial charge in [-0.1, -0.05) is 24.8 Å². The van der Waals surface area contributed by atoms with Gasteiger partial charge >= 0.3 is 5.97 Å². The van der Waals surface area contributed by atoms with Gasteiger partial charge in [0.05, 0.1) is 11.6 Å². The van der Waals surface area contributed by atoms with Gasteiger partial charge in [0, 0.05) is 16.8 Å². The zero-order valence-electron chi connectivity index (χ0n) is 12.2. The fourth-order valence-corrected chi connectivity index (χ4v) is 2.39. The number of hydrogen-bond donors (Lipinski definition) is 0. The Kier molecular flexibility index (Phi) is 3.65. The molecule has 0 unspecified atom stereocenters. The number of rotatable bonds is 3. The van der Waals surface area contributed by atoms with Crippen LogP contribution in [0.3, 0.4) is 0 Å². The summed E-state index contributed by atoms with van der Waals surface area (Å²) in [5, 5.41) is 8.73. The Balaban J connectivity index is 1.70. The minimum absolute atomic E-state index is 0.216. The minimum Gasteiger partial charge on any atom is -0.425 e. The molecule has 0 spiro atoms. The van der Waals surface area contributed by atoms with Crippen molar-refractivity contribution in [3.8, 4) is 11.8 Å². The van der Waals surface area contributed by atoms with Gasteiger partial charge in [-0.05, 0) is 30.3 Å². The molecule has 0 saturated heterocycles. The normalized spacial score (nSPS) is 12.7. The molecule has 1 aliphatic rings. The molecule has 1 amide bonds. The molecule has 0 atom stereocenters. The first-order valence-corrected chi connectivity index (χ1v) is 6.91. The Bertz CT molecular complexity index is 812. The van der Waals surface area contributed by atoms with Crippen LogP contribution in [0.15, 0.2) is 55.1 Å². The Morgan fingerprint density at radius 1 is 1.13 bits per heavy atom. The van der Waals surface area contributed by atoms with Gasteiger partial charge in [0.25, 0.3) is 5.91 Å². The van der Waals surface area contributed by atoms with Crippen LogP contribution < -0.4 is 4.74 Å². The molecule has 5 heteroatoms. The Morgan fingerprint density at radius 3 is 2.39 bits per heavy atom. The Morgan fingerprint density at radius 2 is 1.78 bits per heavy atom. The molecule has 112 valence electrons. The number of nitriles is 1. The molecule has 5 nitrogen and oxygen atoms in total. The summed E-state index contributed by atoms with van der Waals surface area (Å²) in [5.74, 6) is -0.511. The number of amides is 1. The van der Waals surface area contributed by atoms with Crippen molar-refractivity contribution in [3.63, 3.8) is 0 Å². The van der Waals surface area contributed by atoms with Crippen LogP contribution in [0.25, 0.3) is 5.70 Å². The number of esters is 1. The maximum Gasteiger partial charge on any atom is 0.331 e. The van der Waals surface area contributed by atoms with Crippen LogP contribution in [-0.4, -0.2) is 23.3 Å². The highest BCUT2D eigenvalue weighted by atomic mass is 16.5. The molecule has 1 heterocycles. The third kappa shape index (κ3) is 2.70. The van der Waals surface area contributed by atoms with Crippen LogP contribution in [0.2, 0.25) is 0 Å². The zero-order valence-corrected chi connectivity index (χ0v) is 12.2. The van der Waals surface area contributed by atoms with E-state index in [0.717, 1.165) is 5.56 Å². The van der Waals surface area contributed by atoms with Crippen LogP contribution in [-0.2, 0) is 4.79 Å². The summed E-state index contributed by atoms with van der Waals surface area (Å²) in [7, 11) is 0. The molecule has 0 radical (unpaired) electrons. The highest BCUT2D eigenvalue weighted by Crippen LogP contribution is 2.30. The summed E-state index contributed by atoms with van der Waals surface area (Å²) in [6.07, 6.45) is 0. The summed E-state index contributed by atoms with van der Waals surface area (Å²) in [6.45, 7) is 3.66. The Labute approximate surface area is 133 Å². The summed E-state index contributed by atoms with van der Waals surface area (Å²) >= 11 is 0. The van der Waals surface area contributed by atoms with Crippen molar-refractivity contribution in [1.82, 2.24) is 4.90 Å². The van der Waals surface area contributed by atoms with E-state index in [9.17, 15) is 9.59 Å². The second-order valence-electron chi connectivity index (χ2n) is 4.99. The second-order valence-corrected chi connectivity index (χ2v) is 4.99. The maximum absolute atomic E-state index is 12.3. The van der Waals surface area contributed by atoms with E-state index in [2.05, 4.69) is 6.58 Å². The molecule has 1 aliphatic heterocycles. The third-order valence-corrected chi connectivity index (χ3v) is 3.54. The van der Waals surface area contributed by atoms with Gasteiger partial charge in [-0.25, -0.2) is 4.79 Å². The first kappa shape index (κ1) is 14.5. The van der Waals surface area contributed by atoms with Crippen molar-refractivity contribution in [1.29, 1.82) is 5.26 Å². The van der Waals surface area contributed by atoms with Crippen LogP contribution in [0, 0.1) is 11.3 Å². The highest BCUT2D eigenvalue weighted by molar-refractivity contribution is 6.10. The van der Waals surface area contributed by atoms with Gasteiger partial charge in [0.2, 0.25) is 0 Å². The smallest absolute Gasteiger partial charge is 0.331 e. The van der Waals surface area contributed by atoms with E-state index in [1.165, 1.54) is 17.0 Å². The molecular formula is C18H12N2O3. The van der Waals surface area contributed by atoms with Crippen LogP contribution >= 0.6 is 0 Å². The average Bonchev–Trinajstić information content (AvgIpc) is 2.81. The van der Waals surface area contributed by atoms with E-state index in [1.807, 2.05) is 12.1 Å². The third-order valence-electron chi connectivity index (χ3n) is 3.54. The molecule has 0 N–H and O–H groups in total. The first-order valence-electron chi connectivity index (χ1n) is 6.91. The largest absolute Gasteiger partial charge is 0.425 e. The number of hydrogen-bond acceptors (Lipinski definition) is 4. The maximum atomic E-state index is 12.3. The number of nitrogens with zero attached hydrogens (tertiary/aromatic N) is 2. The fourth-order valence-electron chi connectivity index (χ4n) is 2.39. The summed E-state index contributed by atoms with van der Waals surface area (Å²) in [6, 6.07) is 15.2. The molecule has 0 saturated carbocycles. The van der Waals surface area contributed by atoms with Crippen LogP contribution in [0.4, 0.5) is 0 Å². The molecule has 0 aromatic heterocycles. The van der Waals surface area contributed by atoms with Crippen molar-refractivity contribution >= 4 is 17.6 Å². The Hall–Kier alpha value is -3.39. The van der Waals surface area contributed by atoms with Gasteiger partial charge in [-0.3, -0.25) is 9.69 Å². The molecule has 2 aromatic rings. The highest BCUT2D eigenvalue weighted by Gasteiger charge is 2.32. The van der Waals surface area contributed by atoms with E-state index < -0.39 is 5.97 Å². The summed E-state index contributed by atoms with van der Waals surface area (Å²) in [4.78, 5) is 25.6. The lowest BCUT2D eigenvalue weighted by Gasteiger charge is -2.16. The summed E-state index contributed by atoms with van der Waals surface area (Å²) in [5.41, 5.74) is 2.22. The number of carbonyl (C=O) groups excluding carboxylic acids is 2. The van der Waals surface area contributed by atoms with Crippen molar-refractivity contribution in [2.75, 3.05) is 6.54 Å². The van der Waals surface area contributed by atoms with Gasteiger partial charge in [-0.15, -0.1) is 0 Å². The second kappa shape index (κ2) is 5.78. The van der Waals surface area contributed by atoms with E-state index >= 15 is 0 Å². The first-order chi connectivity index (χ1) is 11.1. The standard InChI is InChI=1S/C18H12N2O3/c1-12-15-4-2-3-5-16(15)18(22)20(12)11-17(21)23-14-8-6-13(10-19)7-9-14/h2-9H,1,11H2. The number of ether oxygens (including phenoxy) is 1. The van der Waals surface area contributed by atoms with E-state index in [0.29, 0.717) is 22.6 Å². The molecule has 3 rings (SSSR count).